The molecular weight excluding hydrogens is 230 g/mol. The highest BCUT2D eigenvalue weighted by Crippen LogP contribution is 2.30. The fraction of sp³-hybridized carbons (Fsp3) is 0.429. The smallest absolute Gasteiger partial charge is 0.323 e. The minimum atomic E-state index is -0.962. The molecule has 1 aliphatic carbocycles. The highest BCUT2D eigenvalue weighted by atomic mass is 16.4. The molecule has 0 aliphatic heterocycles. The number of rotatable bonds is 5. The summed E-state index contributed by atoms with van der Waals surface area (Å²) < 4.78 is 0. The molecule has 4 nitrogen and oxygen atoms in total. The molecule has 1 saturated carbocycles. The van der Waals surface area contributed by atoms with Gasteiger partial charge in [-0.2, -0.15) is 0 Å². The van der Waals surface area contributed by atoms with Crippen molar-refractivity contribution < 1.29 is 14.7 Å². The lowest BCUT2D eigenvalue weighted by molar-refractivity contribution is -0.137. The van der Waals surface area contributed by atoms with E-state index >= 15 is 0 Å². The second-order valence-corrected chi connectivity index (χ2v) is 4.89. The Bertz CT molecular complexity index is 449. The van der Waals surface area contributed by atoms with Gasteiger partial charge in [0.25, 0.3) is 5.91 Å². The van der Waals surface area contributed by atoms with Gasteiger partial charge in [0.15, 0.2) is 0 Å². The second-order valence-electron chi connectivity index (χ2n) is 4.89. The van der Waals surface area contributed by atoms with Crippen LogP contribution in [0.25, 0.3) is 0 Å². The molecule has 0 spiro atoms. The van der Waals surface area contributed by atoms with Gasteiger partial charge in [-0.3, -0.25) is 9.59 Å². The number of aryl methyl sites for hydroxylation is 1. The molecule has 0 unspecified atom stereocenters. The number of carbonyl (C=O) groups excluding carboxylic acids is 1. The van der Waals surface area contributed by atoms with Crippen LogP contribution in [0, 0.1) is 12.8 Å². The van der Waals surface area contributed by atoms with E-state index in [1.807, 2.05) is 19.1 Å². The summed E-state index contributed by atoms with van der Waals surface area (Å²) in [7, 11) is 0. The summed E-state index contributed by atoms with van der Waals surface area (Å²) >= 11 is 0. The maximum atomic E-state index is 12.2. The molecular formula is C14H17NO3. The Kier molecular flexibility index (Phi) is 3.65. The van der Waals surface area contributed by atoms with Crippen molar-refractivity contribution in [3.05, 3.63) is 35.4 Å². The minimum absolute atomic E-state index is 0.190. The summed E-state index contributed by atoms with van der Waals surface area (Å²) in [5.41, 5.74) is 1.64. The van der Waals surface area contributed by atoms with Crippen LogP contribution in [0.3, 0.4) is 0 Å². The van der Waals surface area contributed by atoms with Crippen LogP contribution in [0.2, 0.25) is 0 Å². The van der Waals surface area contributed by atoms with Crippen molar-refractivity contribution in [3.63, 3.8) is 0 Å². The number of nitrogens with zero attached hydrogens (tertiary/aromatic N) is 1. The van der Waals surface area contributed by atoms with Gasteiger partial charge < -0.3 is 10.0 Å². The molecule has 1 aromatic carbocycles. The molecule has 1 fully saturated rings. The van der Waals surface area contributed by atoms with Gasteiger partial charge in [-0.25, -0.2) is 0 Å². The third-order valence-corrected chi connectivity index (χ3v) is 3.09. The molecule has 18 heavy (non-hydrogen) atoms. The van der Waals surface area contributed by atoms with Gasteiger partial charge in [0.2, 0.25) is 0 Å². The predicted molar refractivity (Wildman–Crippen MR) is 67.4 cm³/mol. The molecule has 1 amide bonds. The Morgan fingerprint density at radius 1 is 1.28 bits per heavy atom. The summed E-state index contributed by atoms with van der Waals surface area (Å²) in [5.74, 6) is -0.667. The van der Waals surface area contributed by atoms with E-state index in [1.54, 1.807) is 12.1 Å². The summed E-state index contributed by atoms with van der Waals surface area (Å²) in [6.07, 6.45) is 2.19. The summed E-state index contributed by atoms with van der Waals surface area (Å²) in [4.78, 5) is 24.5. The number of aliphatic carboxylic acids is 1. The fourth-order valence-electron chi connectivity index (χ4n) is 1.87. The fourth-order valence-corrected chi connectivity index (χ4v) is 1.87. The van der Waals surface area contributed by atoms with Crippen LogP contribution in [-0.2, 0) is 4.79 Å². The van der Waals surface area contributed by atoms with Gasteiger partial charge in [-0.15, -0.1) is 0 Å². The Morgan fingerprint density at radius 3 is 2.39 bits per heavy atom. The number of amides is 1. The molecule has 0 heterocycles. The van der Waals surface area contributed by atoms with Crippen molar-refractivity contribution >= 4 is 11.9 Å². The van der Waals surface area contributed by atoms with E-state index in [2.05, 4.69) is 0 Å². The topological polar surface area (TPSA) is 57.6 Å². The molecule has 1 aliphatic rings. The van der Waals surface area contributed by atoms with Gasteiger partial charge in [-0.1, -0.05) is 17.7 Å². The lowest BCUT2D eigenvalue weighted by Gasteiger charge is -2.20. The van der Waals surface area contributed by atoms with Crippen molar-refractivity contribution in [1.82, 2.24) is 4.90 Å². The zero-order valence-electron chi connectivity index (χ0n) is 10.4. The van der Waals surface area contributed by atoms with Gasteiger partial charge in [0.1, 0.15) is 6.54 Å². The molecule has 2 rings (SSSR count). The molecule has 0 saturated heterocycles. The van der Waals surface area contributed by atoms with Gasteiger partial charge in [0, 0.05) is 12.1 Å². The zero-order chi connectivity index (χ0) is 13.1. The van der Waals surface area contributed by atoms with Crippen LogP contribution < -0.4 is 0 Å². The van der Waals surface area contributed by atoms with E-state index in [0.29, 0.717) is 18.0 Å². The van der Waals surface area contributed by atoms with E-state index < -0.39 is 5.97 Å². The third-order valence-electron chi connectivity index (χ3n) is 3.09. The highest BCUT2D eigenvalue weighted by Gasteiger charge is 2.28. The number of carbonyl (C=O) groups is 2. The first-order chi connectivity index (χ1) is 8.56. The molecule has 96 valence electrons. The zero-order valence-corrected chi connectivity index (χ0v) is 10.4. The number of benzene rings is 1. The van der Waals surface area contributed by atoms with Crippen molar-refractivity contribution in [2.75, 3.05) is 13.1 Å². The van der Waals surface area contributed by atoms with Crippen LogP contribution in [-0.4, -0.2) is 35.0 Å². The lowest BCUT2D eigenvalue weighted by Crippen LogP contribution is -2.37. The van der Waals surface area contributed by atoms with Crippen LogP contribution in [0.4, 0.5) is 0 Å². The van der Waals surface area contributed by atoms with Crippen LogP contribution >= 0.6 is 0 Å². The summed E-state index contributed by atoms with van der Waals surface area (Å²) in [6.45, 7) is 2.29. The Hall–Kier alpha value is -1.84. The Labute approximate surface area is 106 Å². The van der Waals surface area contributed by atoms with Crippen molar-refractivity contribution in [3.8, 4) is 0 Å². The molecule has 0 atom stereocenters. The average molecular weight is 247 g/mol. The van der Waals surface area contributed by atoms with Crippen molar-refractivity contribution in [2.24, 2.45) is 5.92 Å². The van der Waals surface area contributed by atoms with E-state index in [4.69, 9.17) is 5.11 Å². The Morgan fingerprint density at radius 2 is 1.89 bits per heavy atom. The first-order valence-electron chi connectivity index (χ1n) is 6.14. The van der Waals surface area contributed by atoms with Crippen LogP contribution in [0.15, 0.2) is 24.3 Å². The van der Waals surface area contributed by atoms with E-state index in [9.17, 15) is 9.59 Å². The van der Waals surface area contributed by atoms with Crippen molar-refractivity contribution in [1.29, 1.82) is 0 Å². The number of carboxylic acid groups (broad SMARTS) is 1. The second kappa shape index (κ2) is 5.21. The lowest BCUT2D eigenvalue weighted by atomic mass is 10.1. The molecule has 0 radical (unpaired) electrons. The first kappa shape index (κ1) is 12.6. The van der Waals surface area contributed by atoms with Crippen LogP contribution in [0.5, 0.6) is 0 Å². The predicted octanol–water partition coefficient (Wildman–Crippen LogP) is 1.93. The average Bonchev–Trinajstić information content (AvgIpc) is 3.12. The minimum Gasteiger partial charge on any atom is -0.480 e. The highest BCUT2D eigenvalue weighted by molar-refractivity contribution is 5.95. The molecule has 0 aromatic heterocycles. The summed E-state index contributed by atoms with van der Waals surface area (Å²) in [5, 5.41) is 8.86. The number of carboxylic acids is 1. The monoisotopic (exact) mass is 247 g/mol. The quantitative estimate of drug-likeness (QED) is 0.865. The normalized spacial score (nSPS) is 14.3. The van der Waals surface area contributed by atoms with E-state index in [-0.39, 0.29) is 12.5 Å². The number of hydrogen-bond acceptors (Lipinski definition) is 2. The van der Waals surface area contributed by atoms with Gasteiger partial charge in [0.05, 0.1) is 0 Å². The van der Waals surface area contributed by atoms with Crippen molar-refractivity contribution in [2.45, 2.75) is 19.8 Å². The van der Waals surface area contributed by atoms with Gasteiger partial charge >= 0.3 is 5.97 Å². The first-order valence-corrected chi connectivity index (χ1v) is 6.14. The van der Waals surface area contributed by atoms with Crippen LogP contribution in [0.1, 0.15) is 28.8 Å². The maximum absolute atomic E-state index is 12.2. The molecule has 4 heteroatoms. The standard InChI is InChI=1S/C14H17NO3/c1-10-2-6-12(7-3-10)14(18)15(9-13(16)17)8-11-4-5-11/h2-3,6-7,11H,4-5,8-9H2,1H3,(H,16,17). The van der Waals surface area contributed by atoms with E-state index in [0.717, 1.165) is 18.4 Å². The van der Waals surface area contributed by atoms with Gasteiger partial charge in [-0.05, 0) is 37.8 Å². The molecule has 1 N–H and O–H groups in total. The summed E-state index contributed by atoms with van der Waals surface area (Å²) in [6, 6.07) is 7.23. The van der Waals surface area contributed by atoms with E-state index in [1.165, 1.54) is 4.90 Å². The number of hydrogen-bond donors (Lipinski definition) is 1. The Balaban J connectivity index is 2.10. The molecule has 1 aromatic rings. The largest absolute Gasteiger partial charge is 0.480 e. The maximum Gasteiger partial charge on any atom is 0.323 e. The molecule has 0 bridgehead atoms. The third kappa shape index (κ3) is 3.32. The SMILES string of the molecule is Cc1ccc(C(=O)N(CC(=O)O)CC2CC2)cc1.